The van der Waals surface area contributed by atoms with Crippen LogP contribution in [0.1, 0.15) is 5.69 Å². The second-order valence-corrected chi connectivity index (χ2v) is 5.97. The number of carbonyl (C=O) groups is 1. The van der Waals surface area contributed by atoms with Gasteiger partial charge in [0.25, 0.3) is 5.91 Å². The third kappa shape index (κ3) is 4.95. The zero-order chi connectivity index (χ0) is 17.6. The van der Waals surface area contributed by atoms with Gasteiger partial charge in [0.2, 0.25) is 0 Å². The van der Waals surface area contributed by atoms with Crippen LogP contribution in [0.4, 0.5) is 5.82 Å². The van der Waals surface area contributed by atoms with Gasteiger partial charge in [0, 0.05) is 29.5 Å². The van der Waals surface area contributed by atoms with E-state index in [4.69, 9.17) is 27.9 Å². The van der Waals surface area contributed by atoms with Gasteiger partial charge in [0.05, 0.1) is 17.3 Å². The number of carbonyl (C=O) groups excluding carboxylic acids is 1. The number of hydrogen-bond donors (Lipinski definition) is 1. The number of pyridine rings is 1. The second-order valence-electron chi connectivity index (χ2n) is 5.13. The summed E-state index contributed by atoms with van der Waals surface area (Å²) >= 11 is 11.9. The third-order valence-electron chi connectivity index (χ3n) is 3.21. The van der Waals surface area contributed by atoms with E-state index in [0.717, 1.165) is 5.69 Å². The Bertz CT molecular complexity index is 868. The SMILES string of the molecule is O=C(COc1cc(Cl)ccc1Cl)Nc1ccn(Cc2ccccn2)n1. The lowest BCUT2D eigenvalue weighted by Crippen LogP contribution is -2.20. The highest BCUT2D eigenvalue weighted by Crippen LogP contribution is 2.27. The molecule has 0 atom stereocenters. The summed E-state index contributed by atoms with van der Waals surface area (Å²) in [6.07, 6.45) is 3.48. The maximum Gasteiger partial charge on any atom is 0.263 e. The number of amides is 1. The monoisotopic (exact) mass is 376 g/mol. The molecule has 0 aliphatic heterocycles. The van der Waals surface area contributed by atoms with Gasteiger partial charge in [-0.15, -0.1) is 0 Å². The lowest BCUT2D eigenvalue weighted by Gasteiger charge is -2.08. The van der Waals surface area contributed by atoms with E-state index in [-0.39, 0.29) is 12.5 Å². The van der Waals surface area contributed by atoms with Gasteiger partial charge in [-0.1, -0.05) is 29.3 Å². The molecule has 0 aliphatic carbocycles. The molecule has 2 heterocycles. The number of ether oxygens (including phenoxy) is 1. The highest BCUT2D eigenvalue weighted by Gasteiger charge is 2.09. The third-order valence-corrected chi connectivity index (χ3v) is 3.76. The molecule has 0 bridgehead atoms. The number of hydrogen-bond acceptors (Lipinski definition) is 4. The summed E-state index contributed by atoms with van der Waals surface area (Å²) in [5.41, 5.74) is 0.877. The number of halogens is 2. The number of rotatable bonds is 6. The van der Waals surface area contributed by atoms with Crippen molar-refractivity contribution >= 4 is 34.9 Å². The number of nitrogens with one attached hydrogen (secondary N) is 1. The smallest absolute Gasteiger partial charge is 0.263 e. The lowest BCUT2D eigenvalue weighted by atomic mass is 10.3. The molecule has 3 aromatic rings. The van der Waals surface area contributed by atoms with Gasteiger partial charge in [0.15, 0.2) is 12.4 Å². The molecule has 8 heteroatoms. The van der Waals surface area contributed by atoms with Crippen molar-refractivity contribution in [2.24, 2.45) is 0 Å². The molecule has 0 saturated carbocycles. The van der Waals surface area contributed by atoms with Crippen molar-refractivity contribution < 1.29 is 9.53 Å². The first-order chi connectivity index (χ1) is 12.1. The molecule has 1 aromatic carbocycles. The Hall–Kier alpha value is -2.57. The van der Waals surface area contributed by atoms with Gasteiger partial charge in [-0.2, -0.15) is 5.10 Å². The van der Waals surface area contributed by atoms with Crippen LogP contribution in [0.25, 0.3) is 0 Å². The van der Waals surface area contributed by atoms with Crippen molar-refractivity contribution in [1.29, 1.82) is 0 Å². The fourth-order valence-electron chi connectivity index (χ4n) is 2.08. The summed E-state index contributed by atoms with van der Waals surface area (Å²) in [6, 6.07) is 12.2. The minimum Gasteiger partial charge on any atom is -0.482 e. The van der Waals surface area contributed by atoms with Gasteiger partial charge in [0.1, 0.15) is 5.75 Å². The molecule has 1 amide bonds. The molecule has 0 unspecified atom stereocenters. The van der Waals surface area contributed by atoms with E-state index in [2.05, 4.69) is 15.4 Å². The van der Waals surface area contributed by atoms with Crippen molar-refractivity contribution in [3.63, 3.8) is 0 Å². The van der Waals surface area contributed by atoms with E-state index in [1.165, 1.54) is 0 Å². The lowest BCUT2D eigenvalue weighted by molar-refractivity contribution is -0.118. The Kier molecular flexibility index (Phi) is 5.53. The van der Waals surface area contributed by atoms with Crippen LogP contribution < -0.4 is 10.1 Å². The molecular formula is C17H14Cl2N4O2. The Morgan fingerprint density at radius 2 is 2.08 bits per heavy atom. The number of aromatic nitrogens is 3. The van der Waals surface area contributed by atoms with Crippen LogP contribution >= 0.6 is 23.2 Å². The van der Waals surface area contributed by atoms with Gasteiger partial charge < -0.3 is 10.1 Å². The van der Waals surface area contributed by atoms with Crippen LogP contribution in [0.3, 0.4) is 0 Å². The predicted molar refractivity (Wildman–Crippen MR) is 96.2 cm³/mol. The molecule has 0 spiro atoms. The average Bonchev–Trinajstić information content (AvgIpc) is 3.03. The van der Waals surface area contributed by atoms with Crippen molar-refractivity contribution in [3.05, 3.63) is 70.6 Å². The summed E-state index contributed by atoms with van der Waals surface area (Å²) in [4.78, 5) is 16.2. The first-order valence-corrected chi connectivity index (χ1v) is 8.17. The van der Waals surface area contributed by atoms with Crippen LogP contribution in [-0.4, -0.2) is 27.3 Å². The van der Waals surface area contributed by atoms with Crippen molar-refractivity contribution in [1.82, 2.24) is 14.8 Å². The summed E-state index contributed by atoms with van der Waals surface area (Å²) in [7, 11) is 0. The maximum atomic E-state index is 12.0. The number of nitrogens with zero attached hydrogens (tertiary/aromatic N) is 3. The molecule has 25 heavy (non-hydrogen) atoms. The maximum absolute atomic E-state index is 12.0. The van der Waals surface area contributed by atoms with E-state index in [9.17, 15) is 4.79 Å². The highest BCUT2D eigenvalue weighted by atomic mass is 35.5. The topological polar surface area (TPSA) is 69.0 Å². The fraction of sp³-hybridized carbons (Fsp3) is 0.118. The molecule has 0 saturated heterocycles. The molecule has 0 fully saturated rings. The zero-order valence-electron chi connectivity index (χ0n) is 13.0. The molecule has 0 radical (unpaired) electrons. The standard InChI is InChI=1S/C17H14Cl2N4O2/c18-12-4-5-14(19)15(9-12)25-11-17(24)21-16-6-8-23(22-16)10-13-3-1-2-7-20-13/h1-9H,10-11H2,(H,21,22,24). The predicted octanol–water partition coefficient (Wildman–Crippen LogP) is 3.65. The molecule has 2 aromatic heterocycles. The van der Waals surface area contributed by atoms with Gasteiger partial charge in [-0.25, -0.2) is 0 Å². The summed E-state index contributed by atoms with van der Waals surface area (Å²) in [6.45, 7) is 0.318. The van der Waals surface area contributed by atoms with E-state index >= 15 is 0 Å². The van der Waals surface area contributed by atoms with E-state index in [0.29, 0.717) is 28.2 Å². The van der Waals surface area contributed by atoms with Gasteiger partial charge >= 0.3 is 0 Å². The minimum atomic E-state index is -0.348. The number of anilines is 1. The fourth-order valence-corrected chi connectivity index (χ4v) is 2.42. The Morgan fingerprint density at radius 3 is 2.88 bits per heavy atom. The Morgan fingerprint density at radius 1 is 1.20 bits per heavy atom. The van der Waals surface area contributed by atoms with Gasteiger partial charge in [-0.05, 0) is 24.3 Å². The second kappa shape index (κ2) is 8.00. The van der Waals surface area contributed by atoms with Crippen LogP contribution in [0.5, 0.6) is 5.75 Å². The largest absolute Gasteiger partial charge is 0.482 e. The molecule has 0 aliphatic rings. The molecule has 1 N–H and O–H groups in total. The Balaban J connectivity index is 1.54. The molecule has 6 nitrogen and oxygen atoms in total. The van der Waals surface area contributed by atoms with Crippen LogP contribution in [-0.2, 0) is 11.3 Å². The van der Waals surface area contributed by atoms with Crippen molar-refractivity contribution in [3.8, 4) is 5.75 Å². The quantitative estimate of drug-likeness (QED) is 0.712. The van der Waals surface area contributed by atoms with E-state index in [1.54, 1.807) is 41.3 Å². The molecular weight excluding hydrogens is 363 g/mol. The summed E-state index contributed by atoms with van der Waals surface area (Å²) in [5, 5.41) is 7.80. The molecule has 128 valence electrons. The first-order valence-electron chi connectivity index (χ1n) is 7.41. The number of benzene rings is 1. The summed E-state index contributed by atoms with van der Waals surface area (Å²) in [5.74, 6) is 0.436. The summed E-state index contributed by atoms with van der Waals surface area (Å²) < 4.78 is 7.07. The van der Waals surface area contributed by atoms with Crippen LogP contribution in [0.15, 0.2) is 54.9 Å². The molecule has 3 rings (SSSR count). The average molecular weight is 377 g/mol. The Labute approximate surface area is 154 Å². The van der Waals surface area contributed by atoms with Gasteiger partial charge in [-0.3, -0.25) is 14.5 Å². The first kappa shape index (κ1) is 17.3. The minimum absolute atomic E-state index is 0.201. The van der Waals surface area contributed by atoms with E-state index in [1.807, 2.05) is 18.2 Å². The van der Waals surface area contributed by atoms with Crippen molar-refractivity contribution in [2.75, 3.05) is 11.9 Å². The normalized spacial score (nSPS) is 10.5. The van der Waals surface area contributed by atoms with Crippen LogP contribution in [0, 0.1) is 0 Å². The van der Waals surface area contributed by atoms with E-state index < -0.39 is 0 Å². The zero-order valence-corrected chi connectivity index (χ0v) is 14.5. The van der Waals surface area contributed by atoms with Crippen LogP contribution in [0.2, 0.25) is 10.0 Å². The van der Waals surface area contributed by atoms with Crippen molar-refractivity contribution in [2.45, 2.75) is 6.54 Å². The highest BCUT2D eigenvalue weighted by molar-refractivity contribution is 6.34.